The maximum absolute atomic E-state index is 6.17. The fraction of sp³-hybridized carbons (Fsp3) is 0.308. The van der Waals surface area contributed by atoms with Crippen molar-refractivity contribution >= 4 is 28.9 Å². The van der Waals surface area contributed by atoms with E-state index in [0.717, 1.165) is 23.6 Å². The minimum Gasteiger partial charge on any atom is -0.377 e. The van der Waals surface area contributed by atoms with E-state index in [4.69, 9.17) is 23.2 Å². The molecule has 0 aliphatic heterocycles. The number of aromatic nitrogens is 2. The smallest absolute Gasteiger partial charge is 0.128 e. The molecule has 2 rings (SSSR count). The number of rotatable bonds is 4. The minimum atomic E-state index is 0.625. The third-order valence-corrected chi connectivity index (χ3v) is 3.55. The Kier molecular flexibility index (Phi) is 4.15. The van der Waals surface area contributed by atoms with Crippen LogP contribution in [0.25, 0.3) is 0 Å². The van der Waals surface area contributed by atoms with Crippen molar-refractivity contribution in [2.75, 3.05) is 5.32 Å². The van der Waals surface area contributed by atoms with Gasteiger partial charge in [0.15, 0.2) is 0 Å². The molecule has 0 bridgehead atoms. The number of aryl methyl sites for hydroxylation is 2. The summed E-state index contributed by atoms with van der Waals surface area (Å²) in [5.74, 6) is 0.977. The van der Waals surface area contributed by atoms with Crippen LogP contribution in [0.2, 0.25) is 10.0 Å². The van der Waals surface area contributed by atoms with Gasteiger partial charge in [0.2, 0.25) is 0 Å². The highest BCUT2D eigenvalue weighted by atomic mass is 35.5. The number of nitrogens with one attached hydrogen (secondary N) is 1. The van der Waals surface area contributed by atoms with Crippen molar-refractivity contribution in [3.8, 4) is 0 Å². The number of nitrogens with zero attached hydrogens (tertiary/aromatic N) is 2. The summed E-state index contributed by atoms with van der Waals surface area (Å²) in [5, 5.41) is 4.64. The van der Waals surface area contributed by atoms with E-state index in [0.29, 0.717) is 16.6 Å². The molecule has 0 aliphatic rings. The van der Waals surface area contributed by atoms with Crippen molar-refractivity contribution in [3.05, 3.63) is 46.0 Å². The molecule has 2 aromatic rings. The van der Waals surface area contributed by atoms with E-state index in [1.807, 2.05) is 25.3 Å². The standard InChI is InChI=1S/C13H15Cl2N3/c1-3-18-5-4-16-13(18)8-17-12-7-10(14)9(2)6-11(12)15/h4-7,17H,3,8H2,1-2H3. The number of imidazole rings is 1. The lowest BCUT2D eigenvalue weighted by Gasteiger charge is -2.11. The van der Waals surface area contributed by atoms with Gasteiger partial charge < -0.3 is 9.88 Å². The zero-order chi connectivity index (χ0) is 13.1. The summed E-state index contributed by atoms with van der Waals surface area (Å²) in [4.78, 5) is 4.30. The average Bonchev–Trinajstić information content (AvgIpc) is 2.79. The summed E-state index contributed by atoms with van der Waals surface area (Å²) >= 11 is 12.3. The minimum absolute atomic E-state index is 0.625. The second kappa shape index (κ2) is 5.63. The van der Waals surface area contributed by atoms with Gasteiger partial charge in [0.25, 0.3) is 0 Å². The van der Waals surface area contributed by atoms with Gasteiger partial charge in [0, 0.05) is 24.0 Å². The van der Waals surface area contributed by atoms with Crippen LogP contribution in [0.4, 0.5) is 5.69 Å². The Bertz CT molecular complexity index is 549. The summed E-state index contributed by atoms with van der Waals surface area (Å²) in [5.41, 5.74) is 1.81. The van der Waals surface area contributed by atoms with Crippen LogP contribution in [0.15, 0.2) is 24.5 Å². The normalized spacial score (nSPS) is 10.7. The van der Waals surface area contributed by atoms with Crippen LogP contribution in [0.1, 0.15) is 18.3 Å². The van der Waals surface area contributed by atoms with Crippen molar-refractivity contribution in [3.63, 3.8) is 0 Å². The average molecular weight is 284 g/mol. The lowest BCUT2D eigenvalue weighted by atomic mass is 10.2. The molecule has 1 N–H and O–H groups in total. The summed E-state index contributed by atoms with van der Waals surface area (Å²) in [6.45, 7) is 5.54. The molecule has 3 nitrogen and oxygen atoms in total. The molecule has 0 saturated heterocycles. The Morgan fingerprint density at radius 2 is 2.06 bits per heavy atom. The highest BCUT2D eigenvalue weighted by Crippen LogP contribution is 2.28. The summed E-state index contributed by atoms with van der Waals surface area (Å²) in [6, 6.07) is 3.71. The maximum Gasteiger partial charge on any atom is 0.128 e. The van der Waals surface area contributed by atoms with Gasteiger partial charge in [-0.2, -0.15) is 0 Å². The van der Waals surface area contributed by atoms with Gasteiger partial charge in [-0.05, 0) is 31.5 Å². The molecule has 18 heavy (non-hydrogen) atoms. The summed E-state index contributed by atoms with van der Waals surface area (Å²) in [7, 11) is 0. The summed E-state index contributed by atoms with van der Waals surface area (Å²) < 4.78 is 2.08. The maximum atomic E-state index is 6.17. The fourth-order valence-corrected chi connectivity index (χ4v) is 2.20. The van der Waals surface area contributed by atoms with Crippen molar-refractivity contribution in [1.82, 2.24) is 9.55 Å². The number of benzene rings is 1. The quantitative estimate of drug-likeness (QED) is 0.914. The van der Waals surface area contributed by atoms with E-state index < -0.39 is 0 Å². The molecule has 0 aliphatic carbocycles. The molecule has 96 valence electrons. The Morgan fingerprint density at radius 3 is 2.78 bits per heavy atom. The van der Waals surface area contributed by atoms with Crippen molar-refractivity contribution in [1.29, 1.82) is 0 Å². The monoisotopic (exact) mass is 283 g/mol. The highest BCUT2D eigenvalue weighted by molar-refractivity contribution is 6.35. The first-order valence-corrected chi connectivity index (χ1v) is 6.57. The van der Waals surface area contributed by atoms with E-state index in [1.165, 1.54) is 0 Å². The molecular formula is C13H15Cl2N3. The first-order valence-electron chi connectivity index (χ1n) is 5.81. The largest absolute Gasteiger partial charge is 0.377 e. The second-order valence-electron chi connectivity index (χ2n) is 4.06. The number of halogens is 2. The summed E-state index contributed by atoms with van der Waals surface area (Å²) in [6.07, 6.45) is 3.75. The number of anilines is 1. The van der Waals surface area contributed by atoms with Crippen LogP contribution in [-0.4, -0.2) is 9.55 Å². The van der Waals surface area contributed by atoms with Gasteiger partial charge >= 0.3 is 0 Å². The molecule has 0 atom stereocenters. The van der Waals surface area contributed by atoms with Gasteiger partial charge in [-0.1, -0.05) is 23.2 Å². The predicted molar refractivity (Wildman–Crippen MR) is 76.4 cm³/mol. The third-order valence-electron chi connectivity index (χ3n) is 2.83. The molecule has 1 aromatic carbocycles. The van der Waals surface area contributed by atoms with Gasteiger partial charge in [0.1, 0.15) is 5.82 Å². The van der Waals surface area contributed by atoms with Crippen LogP contribution < -0.4 is 5.32 Å². The fourth-order valence-electron chi connectivity index (χ4n) is 1.75. The van der Waals surface area contributed by atoms with Crippen LogP contribution in [0.3, 0.4) is 0 Å². The number of hydrogen-bond acceptors (Lipinski definition) is 2. The van der Waals surface area contributed by atoms with Gasteiger partial charge in [-0.15, -0.1) is 0 Å². The first-order chi connectivity index (χ1) is 8.61. The van der Waals surface area contributed by atoms with Crippen LogP contribution in [0.5, 0.6) is 0 Å². The molecule has 0 fully saturated rings. The Labute approximate surface area is 117 Å². The van der Waals surface area contributed by atoms with Gasteiger partial charge in [0.05, 0.1) is 17.3 Å². The van der Waals surface area contributed by atoms with Crippen molar-refractivity contribution in [2.45, 2.75) is 26.9 Å². The molecule has 5 heteroatoms. The predicted octanol–water partition coefficient (Wildman–Crippen LogP) is 4.13. The molecule has 0 saturated carbocycles. The highest BCUT2D eigenvalue weighted by Gasteiger charge is 2.06. The van der Waals surface area contributed by atoms with E-state index in [9.17, 15) is 0 Å². The lowest BCUT2D eigenvalue weighted by molar-refractivity contribution is 0.708. The molecular weight excluding hydrogens is 269 g/mol. The Balaban J connectivity index is 2.13. The van der Waals surface area contributed by atoms with Crippen LogP contribution >= 0.6 is 23.2 Å². The van der Waals surface area contributed by atoms with Gasteiger partial charge in [-0.3, -0.25) is 0 Å². The topological polar surface area (TPSA) is 29.9 Å². The van der Waals surface area contributed by atoms with Crippen molar-refractivity contribution < 1.29 is 0 Å². The van der Waals surface area contributed by atoms with Crippen LogP contribution in [-0.2, 0) is 13.1 Å². The zero-order valence-corrected chi connectivity index (χ0v) is 11.9. The van der Waals surface area contributed by atoms with E-state index in [2.05, 4.69) is 21.8 Å². The molecule has 0 unspecified atom stereocenters. The lowest BCUT2D eigenvalue weighted by Crippen LogP contribution is -2.07. The van der Waals surface area contributed by atoms with E-state index in [1.54, 1.807) is 6.20 Å². The molecule has 0 amide bonds. The van der Waals surface area contributed by atoms with Gasteiger partial charge in [-0.25, -0.2) is 4.98 Å². The van der Waals surface area contributed by atoms with Crippen molar-refractivity contribution in [2.24, 2.45) is 0 Å². The SMILES string of the molecule is CCn1ccnc1CNc1cc(Cl)c(C)cc1Cl. The van der Waals surface area contributed by atoms with E-state index >= 15 is 0 Å². The van der Waals surface area contributed by atoms with E-state index in [-0.39, 0.29) is 0 Å². The molecule has 0 spiro atoms. The second-order valence-corrected chi connectivity index (χ2v) is 4.88. The number of hydrogen-bond donors (Lipinski definition) is 1. The molecule has 1 heterocycles. The Hall–Kier alpha value is -1.19. The Morgan fingerprint density at radius 1 is 1.28 bits per heavy atom. The first kappa shape index (κ1) is 13.2. The molecule has 0 radical (unpaired) electrons. The molecule has 1 aromatic heterocycles. The zero-order valence-electron chi connectivity index (χ0n) is 10.4. The van der Waals surface area contributed by atoms with Crippen LogP contribution in [0, 0.1) is 6.92 Å². The third kappa shape index (κ3) is 2.79.